The van der Waals surface area contributed by atoms with Gasteiger partial charge in [0.05, 0.1) is 0 Å². The number of rotatable bonds is 61. The van der Waals surface area contributed by atoms with Crippen molar-refractivity contribution in [1.29, 1.82) is 0 Å². The van der Waals surface area contributed by atoms with Crippen molar-refractivity contribution in [2.24, 2.45) is 0 Å². The third-order valence-corrected chi connectivity index (χ3v) is 14.5. The van der Waals surface area contributed by atoms with E-state index in [1.807, 2.05) is 0 Å². The van der Waals surface area contributed by atoms with Crippen molar-refractivity contribution in [3.63, 3.8) is 0 Å². The van der Waals surface area contributed by atoms with Crippen LogP contribution in [-0.2, 0) is 28.6 Å². The summed E-state index contributed by atoms with van der Waals surface area (Å²) in [5.41, 5.74) is 0. The largest absolute Gasteiger partial charge is 0.462 e. The van der Waals surface area contributed by atoms with E-state index < -0.39 is 6.10 Å². The van der Waals surface area contributed by atoms with Crippen molar-refractivity contribution in [3.05, 3.63) is 109 Å². The zero-order valence-corrected chi connectivity index (χ0v) is 52.6. The molecule has 0 radical (unpaired) electrons. The van der Waals surface area contributed by atoms with Crippen molar-refractivity contribution in [3.8, 4) is 0 Å². The number of hydrogen-bond acceptors (Lipinski definition) is 6. The second kappa shape index (κ2) is 67.6. The molecule has 80 heavy (non-hydrogen) atoms. The molecule has 0 aromatic rings. The van der Waals surface area contributed by atoms with Crippen LogP contribution >= 0.6 is 0 Å². The SMILES string of the molecule is CC/C=C\C/C=C\C/C=C\C/C=C\C/C=C\C/C=C\C/C=C\CCCCCCCCCCCCCC(=O)OCC(COC(=O)CCCCCCCCCCCCC)OC(=O)CCCCCCCCC/C=C\C/C=C\CCCCCC. The Labute approximate surface area is 495 Å². The second-order valence-corrected chi connectivity index (χ2v) is 22.4. The van der Waals surface area contributed by atoms with Gasteiger partial charge in [0.2, 0.25) is 0 Å². The first-order chi connectivity index (χ1) is 39.5. The molecule has 0 aliphatic heterocycles. The predicted molar refractivity (Wildman–Crippen MR) is 348 cm³/mol. The molecule has 0 aromatic heterocycles. The van der Waals surface area contributed by atoms with Crippen molar-refractivity contribution < 1.29 is 28.6 Å². The minimum absolute atomic E-state index is 0.0788. The topological polar surface area (TPSA) is 78.9 Å². The lowest BCUT2D eigenvalue weighted by atomic mass is 10.0. The van der Waals surface area contributed by atoms with Crippen LogP contribution in [0.1, 0.15) is 323 Å². The fourth-order valence-electron chi connectivity index (χ4n) is 9.45. The summed E-state index contributed by atoms with van der Waals surface area (Å²) in [6, 6.07) is 0. The predicted octanol–water partition coefficient (Wildman–Crippen LogP) is 23.4. The average Bonchev–Trinajstić information content (AvgIpc) is 3.46. The van der Waals surface area contributed by atoms with E-state index in [4.69, 9.17) is 14.2 Å². The molecule has 1 atom stereocenters. The fourth-order valence-corrected chi connectivity index (χ4v) is 9.45. The molecule has 0 saturated carbocycles. The molecule has 458 valence electrons. The summed E-state index contributed by atoms with van der Waals surface area (Å²) in [6.07, 6.45) is 92.5. The van der Waals surface area contributed by atoms with Crippen LogP contribution in [0, 0.1) is 0 Å². The Balaban J connectivity index is 4.21. The minimum Gasteiger partial charge on any atom is -0.462 e. The number of ether oxygens (including phenoxy) is 3. The third-order valence-electron chi connectivity index (χ3n) is 14.5. The number of hydrogen-bond donors (Lipinski definition) is 0. The van der Waals surface area contributed by atoms with Crippen LogP contribution in [0.5, 0.6) is 0 Å². The first-order valence-electron chi connectivity index (χ1n) is 33.9. The highest BCUT2D eigenvalue weighted by molar-refractivity contribution is 5.71. The summed E-state index contributed by atoms with van der Waals surface area (Å²) < 4.78 is 16.9. The van der Waals surface area contributed by atoms with E-state index in [2.05, 4.69) is 130 Å². The summed E-state index contributed by atoms with van der Waals surface area (Å²) >= 11 is 0. The van der Waals surface area contributed by atoms with Gasteiger partial charge in [-0.3, -0.25) is 14.4 Å². The first-order valence-corrected chi connectivity index (χ1v) is 33.9. The quantitative estimate of drug-likeness (QED) is 0.0261. The highest BCUT2D eigenvalue weighted by atomic mass is 16.6. The standard InChI is InChI=1S/C74H126O6/c1-4-7-10-13-16-19-22-24-26-28-30-31-32-33-34-35-36-37-38-39-40-41-42-43-44-46-47-49-52-55-58-61-64-67-73(76)79-70-71(69-78-72(75)66-63-60-57-54-51-21-18-15-12-9-6-3)80-74(77)68-65-62-59-56-53-50-48-45-29-27-25-23-20-17-14-11-8-5-2/h7,10,16,19-20,23-24,26-27,29-31,33-34,36-37,39-40,71H,4-6,8-9,11-15,17-18,21-22,25,28,32,35,38,41-70H2,1-3H3/b10-7-,19-16-,23-20-,26-24-,29-27-,31-30-,34-33-,37-36-,40-39-. The van der Waals surface area contributed by atoms with E-state index in [0.717, 1.165) is 116 Å². The lowest BCUT2D eigenvalue weighted by Gasteiger charge is -2.18. The molecule has 0 bridgehead atoms. The van der Waals surface area contributed by atoms with Gasteiger partial charge in [0.15, 0.2) is 6.10 Å². The summed E-state index contributed by atoms with van der Waals surface area (Å²) in [7, 11) is 0. The Hall–Kier alpha value is -3.93. The molecule has 0 saturated heterocycles. The molecule has 6 nitrogen and oxygen atoms in total. The van der Waals surface area contributed by atoms with Crippen LogP contribution in [0.4, 0.5) is 0 Å². The molecule has 0 N–H and O–H groups in total. The Bertz CT molecular complexity index is 1610. The zero-order chi connectivity index (χ0) is 57.8. The third kappa shape index (κ3) is 64.9. The summed E-state index contributed by atoms with van der Waals surface area (Å²) in [5.74, 6) is -0.880. The Morgan fingerprint density at radius 1 is 0.263 bits per heavy atom. The Morgan fingerprint density at radius 2 is 0.487 bits per heavy atom. The van der Waals surface area contributed by atoms with Crippen LogP contribution in [-0.4, -0.2) is 37.2 Å². The summed E-state index contributed by atoms with van der Waals surface area (Å²) in [4.78, 5) is 38.3. The second-order valence-electron chi connectivity index (χ2n) is 22.4. The van der Waals surface area contributed by atoms with Gasteiger partial charge in [-0.2, -0.15) is 0 Å². The van der Waals surface area contributed by atoms with Crippen molar-refractivity contribution >= 4 is 17.9 Å². The molecule has 1 unspecified atom stereocenters. The number of unbranched alkanes of at least 4 members (excludes halogenated alkanes) is 32. The molecule has 0 rings (SSSR count). The normalized spacial score (nSPS) is 12.8. The van der Waals surface area contributed by atoms with Crippen molar-refractivity contribution in [2.45, 2.75) is 329 Å². The molecule has 0 amide bonds. The Morgan fingerprint density at radius 3 is 0.775 bits per heavy atom. The maximum Gasteiger partial charge on any atom is 0.306 e. The molecule has 0 aliphatic carbocycles. The maximum absolute atomic E-state index is 12.9. The van der Waals surface area contributed by atoms with Crippen molar-refractivity contribution in [2.75, 3.05) is 13.2 Å². The molecular weight excluding hydrogens is 985 g/mol. The van der Waals surface area contributed by atoms with Gasteiger partial charge in [-0.25, -0.2) is 0 Å². The van der Waals surface area contributed by atoms with E-state index in [-0.39, 0.29) is 31.1 Å². The molecular formula is C74H126O6. The molecule has 0 aromatic carbocycles. The van der Waals surface area contributed by atoms with Gasteiger partial charge >= 0.3 is 17.9 Å². The summed E-state index contributed by atoms with van der Waals surface area (Å²) in [5, 5.41) is 0. The van der Waals surface area contributed by atoms with Crippen LogP contribution in [0.3, 0.4) is 0 Å². The van der Waals surface area contributed by atoms with E-state index in [1.54, 1.807) is 0 Å². The van der Waals surface area contributed by atoms with Gasteiger partial charge in [-0.05, 0) is 109 Å². The number of esters is 3. The molecule has 0 spiro atoms. The monoisotopic (exact) mass is 1110 g/mol. The first kappa shape index (κ1) is 76.1. The number of carbonyl (C=O) groups is 3. The van der Waals surface area contributed by atoms with Gasteiger partial charge in [0.1, 0.15) is 13.2 Å². The highest BCUT2D eigenvalue weighted by Crippen LogP contribution is 2.16. The van der Waals surface area contributed by atoms with E-state index >= 15 is 0 Å². The van der Waals surface area contributed by atoms with Gasteiger partial charge in [0.25, 0.3) is 0 Å². The van der Waals surface area contributed by atoms with E-state index in [1.165, 1.54) is 167 Å². The maximum atomic E-state index is 12.9. The average molecular weight is 1110 g/mol. The highest BCUT2D eigenvalue weighted by Gasteiger charge is 2.19. The Kier molecular flexibility index (Phi) is 64.3. The van der Waals surface area contributed by atoms with Gasteiger partial charge < -0.3 is 14.2 Å². The van der Waals surface area contributed by atoms with Crippen LogP contribution in [0.2, 0.25) is 0 Å². The lowest BCUT2D eigenvalue weighted by Crippen LogP contribution is -2.30. The van der Waals surface area contributed by atoms with Gasteiger partial charge in [-0.1, -0.05) is 304 Å². The smallest absolute Gasteiger partial charge is 0.306 e. The molecule has 0 heterocycles. The van der Waals surface area contributed by atoms with E-state index in [9.17, 15) is 14.4 Å². The zero-order valence-electron chi connectivity index (χ0n) is 52.6. The number of carbonyl (C=O) groups excluding carboxylic acids is 3. The van der Waals surface area contributed by atoms with Gasteiger partial charge in [-0.15, -0.1) is 0 Å². The minimum atomic E-state index is -0.783. The fraction of sp³-hybridized carbons (Fsp3) is 0.716. The molecule has 0 aliphatic rings. The van der Waals surface area contributed by atoms with Crippen LogP contribution in [0.15, 0.2) is 109 Å². The molecule has 6 heteroatoms. The van der Waals surface area contributed by atoms with Gasteiger partial charge in [0, 0.05) is 19.3 Å². The molecule has 0 fully saturated rings. The lowest BCUT2D eigenvalue weighted by molar-refractivity contribution is -0.167. The van der Waals surface area contributed by atoms with Crippen LogP contribution < -0.4 is 0 Å². The van der Waals surface area contributed by atoms with Crippen molar-refractivity contribution in [1.82, 2.24) is 0 Å². The van der Waals surface area contributed by atoms with E-state index in [0.29, 0.717) is 19.3 Å². The summed E-state index contributed by atoms with van der Waals surface area (Å²) in [6.45, 7) is 6.52. The van der Waals surface area contributed by atoms with Crippen LogP contribution in [0.25, 0.3) is 0 Å². The number of allylic oxidation sites excluding steroid dienone is 18.